The van der Waals surface area contributed by atoms with Crippen LogP contribution in [0.2, 0.25) is 0 Å². The number of ether oxygens (including phenoxy) is 3. The van der Waals surface area contributed by atoms with Crippen molar-refractivity contribution in [1.82, 2.24) is 10.2 Å². The second-order valence-corrected chi connectivity index (χ2v) is 8.70. The number of hydrogen-bond acceptors (Lipinski definition) is 5. The van der Waals surface area contributed by atoms with E-state index in [4.69, 9.17) is 14.2 Å². The molecule has 2 unspecified atom stereocenters. The molecule has 30 heavy (non-hydrogen) atoms. The third-order valence-electron chi connectivity index (χ3n) is 6.86. The van der Waals surface area contributed by atoms with Crippen molar-refractivity contribution in [2.75, 3.05) is 33.5 Å². The standard InChI is InChI=1S/C23H32N2O5/c1-28-22(27)25-13-5-12-23(16-29-15-21(26)24-23)20(25)14-30-19-10-8-18(9-11-19)17-6-3-2-4-7-17/h2-4,6-7,18-20H,5,8-16H2,1H3,(H,24,26)/t18-,19+,20?,23?. The van der Waals surface area contributed by atoms with Crippen LogP contribution in [0.5, 0.6) is 0 Å². The van der Waals surface area contributed by atoms with Gasteiger partial charge in [-0.25, -0.2) is 4.79 Å². The van der Waals surface area contributed by atoms with E-state index >= 15 is 0 Å². The molecule has 1 N–H and O–H groups in total. The van der Waals surface area contributed by atoms with Crippen molar-refractivity contribution in [3.63, 3.8) is 0 Å². The summed E-state index contributed by atoms with van der Waals surface area (Å²) in [7, 11) is 1.39. The molecule has 1 aromatic rings. The van der Waals surface area contributed by atoms with E-state index in [0.29, 0.717) is 25.7 Å². The number of nitrogens with one attached hydrogen (secondary N) is 1. The van der Waals surface area contributed by atoms with Crippen LogP contribution in [0.25, 0.3) is 0 Å². The van der Waals surface area contributed by atoms with Crippen LogP contribution in [-0.2, 0) is 19.0 Å². The lowest BCUT2D eigenvalue weighted by molar-refractivity contribution is -0.143. The van der Waals surface area contributed by atoms with E-state index in [1.807, 2.05) is 0 Å². The van der Waals surface area contributed by atoms with E-state index in [9.17, 15) is 9.59 Å². The molecule has 0 aromatic heterocycles. The molecule has 164 valence electrons. The number of carbonyl (C=O) groups is 2. The molecular formula is C23H32N2O5. The number of piperidine rings is 1. The first kappa shape index (κ1) is 21.1. The Morgan fingerprint density at radius 2 is 2.00 bits per heavy atom. The van der Waals surface area contributed by atoms with Crippen molar-refractivity contribution in [3.8, 4) is 0 Å². The summed E-state index contributed by atoms with van der Waals surface area (Å²) in [5.41, 5.74) is 0.796. The number of morpholine rings is 1. The summed E-state index contributed by atoms with van der Waals surface area (Å²) < 4.78 is 16.9. The zero-order valence-corrected chi connectivity index (χ0v) is 17.7. The molecule has 1 saturated carbocycles. The Kier molecular flexibility index (Phi) is 6.58. The maximum Gasteiger partial charge on any atom is 0.409 e. The molecule has 4 rings (SSSR count). The van der Waals surface area contributed by atoms with Gasteiger partial charge in [-0.3, -0.25) is 4.79 Å². The summed E-state index contributed by atoms with van der Waals surface area (Å²) in [5.74, 6) is 0.450. The van der Waals surface area contributed by atoms with Crippen molar-refractivity contribution in [2.45, 2.75) is 62.1 Å². The van der Waals surface area contributed by atoms with E-state index in [1.165, 1.54) is 12.7 Å². The van der Waals surface area contributed by atoms with E-state index in [-0.39, 0.29) is 30.8 Å². The fraction of sp³-hybridized carbons (Fsp3) is 0.652. The monoisotopic (exact) mass is 416 g/mol. The Hall–Kier alpha value is -2.12. The molecular weight excluding hydrogens is 384 g/mol. The molecule has 0 bridgehead atoms. The highest BCUT2D eigenvalue weighted by Crippen LogP contribution is 2.35. The molecule has 3 fully saturated rings. The van der Waals surface area contributed by atoms with E-state index in [2.05, 4.69) is 35.6 Å². The first-order chi connectivity index (χ1) is 14.6. The van der Waals surface area contributed by atoms with Gasteiger partial charge < -0.3 is 24.4 Å². The van der Waals surface area contributed by atoms with Crippen LogP contribution in [0.3, 0.4) is 0 Å². The fourth-order valence-corrected chi connectivity index (χ4v) is 5.28. The zero-order valence-electron chi connectivity index (χ0n) is 17.7. The van der Waals surface area contributed by atoms with Crippen LogP contribution in [0, 0.1) is 0 Å². The average molecular weight is 417 g/mol. The normalized spacial score (nSPS) is 32.0. The number of amides is 2. The summed E-state index contributed by atoms with van der Waals surface area (Å²) in [4.78, 5) is 26.2. The Bertz CT molecular complexity index is 730. The Balaban J connectivity index is 1.40. The lowest BCUT2D eigenvalue weighted by atomic mass is 9.80. The molecule has 2 heterocycles. The number of hydrogen-bond donors (Lipinski definition) is 1. The van der Waals surface area contributed by atoms with Crippen LogP contribution in [0.4, 0.5) is 4.79 Å². The molecule has 1 aromatic carbocycles. The topological polar surface area (TPSA) is 77.1 Å². The Morgan fingerprint density at radius 1 is 1.23 bits per heavy atom. The average Bonchev–Trinajstić information content (AvgIpc) is 2.78. The van der Waals surface area contributed by atoms with Crippen molar-refractivity contribution in [3.05, 3.63) is 35.9 Å². The SMILES string of the molecule is COC(=O)N1CCCC2(COCC(=O)N2)C1CO[C@H]1CC[C@@H](c2ccccc2)CC1. The third kappa shape index (κ3) is 4.47. The second-order valence-electron chi connectivity index (χ2n) is 8.70. The minimum Gasteiger partial charge on any atom is -0.453 e. The van der Waals surface area contributed by atoms with Crippen LogP contribution >= 0.6 is 0 Å². The summed E-state index contributed by atoms with van der Waals surface area (Å²) in [6.07, 6.45) is 5.55. The molecule has 7 heteroatoms. The minimum atomic E-state index is -0.608. The lowest BCUT2D eigenvalue weighted by Gasteiger charge is -2.51. The van der Waals surface area contributed by atoms with Crippen molar-refractivity contribution >= 4 is 12.0 Å². The molecule has 1 spiro atoms. The van der Waals surface area contributed by atoms with E-state index in [0.717, 1.165) is 38.5 Å². The van der Waals surface area contributed by atoms with Gasteiger partial charge in [-0.05, 0) is 50.0 Å². The van der Waals surface area contributed by atoms with Gasteiger partial charge in [-0.2, -0.15) is 0 Å². The quantitative estimate of drug-likeness (QED) is 0.817. The largest absolute Gasteiger partial charge is 0.453 e. The lowest BCUT2D eigenvalue weighted by Crippen LogP contribution is -2.71. The molecule has 3 aliphatic rings. The smallest absolute Gasteiger partial charge is 0.409 e. The number of likely N-dealkylation sites (tertiary alicyclic amines) is 1. The van der Waals surface area contributed by atoms with Crippen LogP contribution in [-0.4, -0.2) is 68.1 Å². The van der Waals surface area contributed by atoms with Gasteiger partial charge in [0.25, 0.3) is 0 Å². The van der Waals surface area contributed by atoms with Crippen molar-refractivity contribution in [2.24, 2.45) is 0 Å². The molecule has 2 atom stereocenters. The summed E-state index contributed by atoms with van der Waals surface area (Å²) in [6.45, 7) is 1.43. The van der Waals surface area contributed by atoms with Crippen LogP contribution in [0.15, 0.2) is 30.3 Å². The molecule has 1 aliphatic carbocycles. The predicted octanol–water partition coefficient (Wildman–Crippen LogP) is 2.85. The Morgan fingerprint density at radius 3 is 2.70 bits per heavy atom. The molecule has 2 aliphatic heterocycles. The highest BCUT2D eigenvalue weighted by molar-refractivity contribution is 5.79. The highest BCUT2D eigenvalue weighted by Gasteiger charge is 2.50. The van der Waals surface area contributed by atoms with Crippen molar-refractivity contribution in [1.29, 1.82) is 0 Å². The van der Waals surface area contributed by atoms with Gasteiger partial charge in [-0.1, -0.05) is 30.3 Å². The highest BCUT2D eigenvalue weighted by atomic mass is 16.5. The van der Waals surface area contributed by atoms with Crippen LogP contribution in [0.1, 0.15) is 50.0 Å². The second kappa shape index (κ2) is 9.35. The van der Waals surface area contributed by atoms with Gasteiger partial charge in [0.2, 0.25) is 5.91 Å². The minimum absolute atomic E-state index is 0.0665. The number of rotatable bonds is 4. The maximum absolute atomic E-state index is 12.4. The van der Waals surface area contributed by atoms with Gasteiger partial charge >= 0.3 is 6.09 Å². The summed E-state index contributed by atoms with van der Waals surface area (Å²) in [5, 5.41) is 3.11. The van der Waals surface area contributed by atoms with Gasteiger partial charge in [0.05, 0.1) is 38.0 Å². The summed E-state index contributed by atoms with van der Waals surface area (Å²) >= 11 is 0. The van der Waals surface area contributed by atoms with E-state index < -0.39 is 5.54 Å². The number of carbonyl (C=O) groups excluding carboxylic acids is 2. The van der Waals surface area contributed by atoms with Crippen molar-refractivity contribution < 1.29 is 23.8 Å². The van der Waals surface area contributed by atoms with Gasteiger partial charge in [0.1, 0.15) is 6.61 Å². The first-order valence-electron chi connectivity index (χ1n) is 11.0. The number of benzene rings is 1. The molecule has 2 amide bonds. The zero-order chi connectivity index (χ0) is 21.0. The maximum atomic E-state index is 12.4. The van der Waals surface area contributed by atoms with E-state index in [1.54, 1.807) is 4.90 Å². The molecule has 0 radical (unpaired) electrons. The van der Waals surface area contributed by atoms with Gasteiger partial charge in [-0.15, -0.1) is 0 Å². The van der Waals surface area contributed by atoms with Gasteiger partial charge in [0, 0.05) is 6.54 Å². The third-order valence-corrected chi connectivity index (χ3v) is 6.86. The Labute approximate surface area is 178 Å². The summed E-state index contributed by atoms with van der Waals surface area (Å²) in [6, 6.07) is 10.4. The fourth-order valence-electron chi connectivity index (χ4n) is 5.28. The molecule has 2 saturated heterocycles. The molecule has 7 nitrogen and oxygen atoms in total. The first-order valence-corrected chi connectivity index (χ1v) is 11.0. The van der Waals surface area contributed by atoms with Crippen LogP contribution < -0.4 is 5.32 Å². The van der Waals surface area contributed by atoms with Gasteiger partial charge in [0.15, 0.2) is 0 Å². The number of methoxy groups -OCH3 is 1. The number of nitrogens with zero attached hydrogens (tertiary/aromatic N) is 1. The predicted molar refractivity (Wildman–Crippen MR) is 111 cm³/mol.